The molecule has 0 saturated heterocycles. The Morgan fingerprint density at radius 3 is 1.38 bits per heavy atom. The molecule has 270 valence electrons. The monoisotopic (exact) mass is 679 g/mol. The van der Waals surface area contributed by atoms with Crippen LogP contribution in [0.1, 0.15) is 184 Å². The molecule has 0 aliphatic heterocycles. The third-order valence-corrected chi connectivity index (χ3v) is 10.2. The fourth-order valence-corrected chi connectivity index (χ4v) is 6.74. The molecule has 0 atom stereocenters. The van der Waals surface area contributed by atoms with E-state index in [0.717, 1.165) is 42.1 Å². The molecule has 0 N–H and O–H groups in total. The van der Waals surface area contributed by atoms with E-state index >= 15 is 0 Å². The van der Waals surface area contributed by atoms with E-state index in [4.69, 9.17) is 9.47 Å². The first-order chi connectivity index (χ1) is 23.7. The van der Waals surface area contributed by atoms with Crippen LogP contribution in [0.4, 0.5) is 0 Å². The van der Waals surface area contributed by atoms with Crippen molar-refractivity contribution in [2.75, 3.05) is 19.0 Å². The van der Waals surface area contributed by atoms with Crippen LogP contribution in [0.3, 0.4) is 0 Å². The summed E-state index contributed by atoms with van der Waals surface area (Å²) in [7, 11) is 0. The molecule has 0 aromatic heterocycles. The van der Waals surface area contributed by atoms with E-state index < -0.39 is 0 Å². The molecule has 2 aromatic rings. The number of ether oxygens (including phenoxy) is 2. The van der Waals surface area contributed by atoms with E-state index in [1.54, 1.807) is 6.08 Å². The molecule has 0 unspecified atom stereocenters. The first kappa shape index (κ1) is 42.0. The highest BCUT2D eigenvalue weighted by Gasteiger charge is 2.06. The molecule has 4 heteroatoms. The zero-order valence-electron chi connectivity index (χ0n) is 31.2. The Balaban J connectivity index is 1.81. The lowest BCUT2D eigenvalue weighted by atomic mass is 10.1. The van der Waals surface area contributed by atoms with Gasteiger partial charge >= 0.3 is 0 Å². The smallest absolute Gasteiger partial charge is 0.185 e. The summed E-state index contributed by atoms with van der Waals surface area (Å²) in [6.07, 6.45) is 33.8. The van der Waals surface area contributed by atoms with Gasteiger partial charge in [-0.25, -0.2) is 0 Å². The zero-order valence-corrected chi connectivity index (χ0v) is 32.0. The number of hydrogen-bond acceptors (Lipinski definition) is 4. The largest absolute Gasteiger partial charge is 0.493 e. The summed E-state index contributed by atoms with van der Waals surface area (Å²) in [4.78, 5) is 14.2. The Hall–Kier alpha value is -2.20. The highest BCUT2D eigenvalue weighted by atomic mass is 32.2. The summed E-state index contributed by atoms with van der Waals surface area (Å²) in [5.41, 5.74) is 1.65. The third-order valence-electron chi connectivity index (χ3n) is 8.97. The molecule has 0 fully saturated rings. The average molecular weight is 679 g/mol. The van der Waals surface area contributed by atoms with Crippen LogP contribution in [0.15, 0.2) is 53.4 Å². The Morgan fingerprint density at radius 2 is 0.958 bits per heavy atom. The van der Waals surface area contributed by atoms with Crippen molar-refractivity contribution < 1.29 is 14.3 Å². The van der Waals surface area contributed by atoms with E-state index in [2.05, 4.69) is 20.8 Å². The molecule has 0 spiro atoms. The molecule has 2 aromatic carbocycles. The van der Waals surface area contributed by atoms with Gasteiger partial charge in [-0.15, -0.1) is 11.8 Å². The minimum absolute atomic E-state index is 0.0118. The van der Waals surface area contributed by atoms with E-state index in [0.29, 0.717) is 18.8 Å². The van der Waals surface area contributed by atoms with Crippen molar-refractivity contribution in [3.8, 4) is 11.5 Å². The van der Waals surface area contributed by atoms with E-state index in [9.17, 15) is 4.79 Å². The van der Waals surface area contributed by atoms with E-state index in [-0.39, 0.29) is 5.78 Å². The van der Waals surface area contributed by atoms with Gasteiger partial charge in [0.25, 0.3) is 0 Å². The van der Waals surface area contributed by atoms with Gasteiger partial charge in [0.2, 0.25) is 0 Å². The van der Waals surface area contributed by atoms with Crippen molar-refractivity contribution in [3.05, 3.63) is 59.7 Å². The van der Waals surface area contributed by atoms with Crippen LogP contribution in [0.2, 0.25) is 0 Å². The first-order valence-electron chi connectivity index (χ1n) is 20.0. The van der Waals surface area contributed by atoms with Gasteiger partial charge in [-0.3, -0.25) is 4.79 Å². The van der Waals surface area contributed by atoms with Crippen molar-refractivity contribution in [2.45, 2.75) is 173 Å². The highest BCUT2D eigenvalue weighted by molar-refractivity contribution is 7.99. The lowest BCUT2D eigenvalue weighted by Crippen LogP contribution is -2.01. The maximum Gasteiger partial charge on any atom is 0.185 e. The number of rotatable bonds is 32. The fraction of sp³-hybridized carbons (Fsp3) is 0.659. The molecule has 0 saturated carbocycles. The summed E-state index contributed by atoms with van der Waals surface area (Å²) in [6, 6.07) is 14.0. The van der Waals surface area contributed by atoms with Crippen molar-refractivity contribution in [2.24, 2.45) is 0 Å². The second-order valence-corrected chi connectivity index (χ2v) is 14.7. The van der Waals surface area contributed by atoms with Gasteiger partial charge in [0, 0.05) is 16.5 Å². The number of hydrogen-bond donors (Lipinski definition) is 0. The molecular formula is C44H70O3S. The lowest BCUT2D eigenvalue weighted by Gasteiger charge is -2.12. The molecule has 2 rings (SSSR count). The number of allylic oxidation sites excluding steroid dienone is 1. The highest BCUT2D eigenvalue weighted by Crippen LogP contribution is 2.26. The minimum Gasteiger partial charge on any atom is -0.493 e. The van der Waals surface area contributed by atoms with Crippen LogP contribution >= 0.6 is 11.8 Å². The van der Waals surface area contributed by atoms with Gasteiger partial charge in [0.05, 0.1) is 13.2 Å². The van der Waals surface area contributed by atoms with Crippen LogP contribution < -0.4 is 9.47 Å². The van der Waals surface area contributed by atoms with Crippen LogP contribution in [0.5, 0.6) is 11.5 Å². The topological polar surface area (TPSA) is 35.5 Å². The zero-order chi connectivity index (χ0) is 34.3. The summed E-state index contributed by atoms with van der Waals surface area (Å²) in [5, 5.41) is 0. The fourth-order valence-electron chi connectivity index (χ4n) is 5.97. The standard InChI is InChI=1S/C44H70O3S/c1-4-7-9-11-13-15-17-19-21-23-25-33-46-41-36-39(27-32-44(45)40-28-30-43(31-29-40)48-35-6-3)37-42(38-41)47-34-26-24-22-20-18-16-14-12-10-8-5-2/h27-32,36-38H,4-26,33-35H2,1-3H3. The minimum atomic E-state index is 0.0118. The van der Waals surface area contributed by atoms with Crippen molar-refractivity contribution in [1.82, 2.24) is 0 Å². The van der Waals surface area contributed by atoms with Crippen LogP contribution in [0, 0.1) is 0 Å². The van der Waals surface area contributed by atoms with Gasteiger partial charge in [0.15, 0.2) is 5.78 Å². The lowest BCUT2D eigenvalue weighted by molar-refractivity contribution is 0.104. The number of carbonyl (C=O) groups is 1. The van der Waals surface area contributed by atoms with E-state index in [1.807, 2.05) is 60.3 Å². The van der Waals surface area contributed by atoms with Crippen molar-refractivity contribution in [3.63, 3.8) is 0 Å². The number of thioether (sulfide) groups is 1. The van der Waals surface area contributed by atoms with Gasteiger partial charge in [-0.2, -0.15) is 0 Å². The predicted molar refractivity (Wildman–Crippen MR) is 211 cm³/mol. The molecule has 0 aliphatic rings. The van der Waals surface area contributed by atoms with Gasteiger partial charge in [0.1, 0.15) is 11.5 Å². The summed E-state index contributed by atoms with van der Waals surface area (Å²) in [5.74, 6) is 2.75. The van der Waals surface area contributed by atoms with Crippen molar-refractivity contribution >= 4 is 23.6 Å². The Bertz CT molecular complexity index is 1030. The van der Waals surface area contributed by atoms with Crippen LogP contribution in [-0.2, 0) is 0 Å². The molecule has 0 aliphatic carbocycles. The van der Waals surface area contributed by atoms with E-state index in [1.165, 1.54) is 133 Å². The SMILES string of the molecule is CCCCCCCCCCCCCOc1cc(C=CC(=O)c2ccc(SCCC)cc2)cc(OCCCCCCCCCCCCC)c1. The maximum absolute atomic E-state index is 13.0. The molecule has 0 heterocycles. The average Bonchev–Trinajstić information content (AvgIpc) is 3.11. The number of carbonyl (C=O) groups excluding carboxylic acids is 1. The normalized spacial score (nSPS) is 11.4. The third kappa shape index (κ3) is 21.7. The summed E-state index contributed by atoms with van der Waals surface area (Å²) in [6.45, 7) is 8.17. The van der Waals surface area contributed by atoms with Crippen LogP contribution in [-0.4, -0.2) is 24.7 Å². The van der Waals surface area contributed by atoms with Gasteiger partial charge in [-0.1, -0.05) is 155 Å². The second-order valence-electron chi connectivity index (χ2n) is 13.6. The molecule has 3 nitrogen and oxygen atoms in total. The Labute approximate surface area is 300 Å². The molecule has 0 radical (unpaired) electrons. The van der Waals surface area contributed by atoms with Crippen LogP contribution in [0.25, 0.3) is 6.08 Å². The van der Waals surface area contributed by atoms with Gasteiger partial charge in [-0.05, 0) is 73.1 Å². The number of benzene rings is 2. The summed E-state index contributed by atoms with van der Waals surface area (Å²) < 4.78 is 12.4. The van der Waals surface area contributed by atoms with Gasteiger partial charge < -0.3 is 9.47 Å². The predicted octanol–water partition coefficient (Wildman–Crippen LogP) is 14.5. The summed E-state index contributed by atoms with van der Waals surface area (Å²) >= 11 is 1.83. The van der Waals surface area contributed by atoms with Crippen molar-refractivity contribution in [1.29, 1.82) is 0 Å². The molecule has 0 bridgehead atoms. The second kappa shape index (κ2) is 29.7. The molecular weight excluding hydrogens is 609 g/mol. The Kier molecular flexibility index (Phi) is 26.0. The maximum atomic E-state index is 13.0. The quantitative estimate of drug-likeness (QED) is 0.0334. The number of unbranched alkanes of at least 4 members (excludes halogenated alkanes) is 20. The first-order valence-corrected chi connectivity index (χ1v) is 21.0. The Morgan fingerprint density at radius 1 is 0.542 bits per heavy atom. The number of ketones is 1. The molecule has 0 amide bonds. The molecule has 48 heavy (non-hydrogen) atoms.